The Hall–Kier alpha value is -3.09. The molecule has 1 aromatic heterocycles. The van der Waals surface area contributed by atoms with E-state index in [0.29, 0.717) is 25.3 Å². The molecule has 0 unspecified atom stereocenters. The van der Waals surface area contributed by atoms with E-state index in [1.165, 1.54) is 0 Å². The van der Waals surface area contributed by atoms with E-state index in [1.54, 1.807) is 19.4 Å². The van der Waals surface area contributed by atoms with Gasteiger partial charge in [0.2, 0.25) is 11.8 Å². The van der Waals surface area contributed by atoms with Gasteiger partial charge in [0.1, 0.15) is 0 Å². The number of carbonyl (C=O) groups excluding carboxylic acids is 2. The Morgan fingerprint density at radius 2 is 2.19 bits per heavy atom. The molecule has 26 heavy (non-hydrogen) atoms. The molecule has 136 valence electrons. The lowest BCUT2D eigenvalue weighted by Crippen LogP contribution is -2.36. The number of aryl methyl sites for hydroxylation is 1. The van der Waals surface area contributed by atoms with Crippen LogP contribution in [0.15, 0.2) is 36.5 Å². The Balaban J connectivity index is 1.58. The summed E-state index contributed by atoms with van der Waals surface area (Å²) in [5.41, 5.74) is 3.75. The number of hydrogen-bond acceptors (Lipinski definition) is 4. The monoisotopic (exact) mass is 354 g/mol. The zero-order valence-electron chi connectivity index (χ0n) is 14.8. The van der Waals surface area contributed by atoms with Crippen LogP contribution in [0.2, 0.25) is 0 Å². The van der Waals surface area contributed by atoms with Gasteiger partial charge in [0, 0.05) is 30.4 Å². The van der Waals surface area contributed by atoms with Crippen LogP contribution in [0.5, 0.6) is 5.88 Å². The number of aromatic nitrogens is 1. The summed E-state index contributed by atoms with van der Waals surface area (Å²) in [5.74, 6) is 0.541. The van der Waals surface area contributed by atoms with Gasteiger partial charge in [0.25, 0.3) is 0 Å². The Bertz CT molecular complexity index is 822. The number of nitrogens with zero attached hydrogens (tertiary/aromatic N) is 1. The Labute approximate surface area is 152 Å². The van der Waals surface area contributed by atoms with Crippen LogP contribution in [-0.4, -0.2) is 24.0 Å². The summed E-state index contributed by atoms with van der Waals surface area (Å²) < 4.78 is 5.18. The Morgan fingerprint density at radius 3 is 3.00 bits per heavy atom. The standard InChI is InChI=1S/C19H22N4O3/c1-12(13-5-7-16-14(10-13)6-8-17(24)23-16)22-19(25)21-11-15-4-3-9-20-18(15)26-2/h3-5,7,9-10,12H,6,8,11H2,1-2H3,(H,23,24)(H2,21,22,25)/t12-/m0/s1. The van der Waals surface area contributed by atoms with Crippen LogP contribution in [0.25, 0.3) is 0 Å². The van der Waals surface area contributed by atoms with Crippen LogP contribution < -0.4 is 20.7 Å². The van der Waals surface area contributed by atoms with Gasteiger partial charge in [-0.3, -0.25) is 4.79 Å². The Kier molecular flexibility index (Phi) is 5.36. The SMILES string of the molecule is COc1ncccc1CNC(=O)N[C@@H](C)c1ccc2c(c1)CCC(=O)N2. The molecule has 0 radical (unpaired) electrons. The van der Waals surface area contributed by atoms with E-state index in [1.807, 2.05) is 31.2 Å². The van der Waals surface area contributed by atoms with Crippen LogP contribution in [0.1, 0.15) is 36.1 Å². The molecule has 2 heterocycles. The van der Waals surface area contributed by atoms with Gasteiger partial charge in [-0.15, -0.1) is 0 Å². The summed E-state index contributed by atoms with van der Waals surface area (Å²) >= 11 is 0. The highest BCUT2D eigenvalue weighted by molar-refractivity contribution is 5.93. The van der Waals surface area contributed by atoms with Crippen LogP contribution >= 0.6 is 0 Å². The van der Waals surface area contributed by atoms with Crippen LogP contribution in [0, 0.1) is 0 Å². The highest BCUT2D eigenvalue weighted by Gasteiger charge is 2.17. The van der Waals surface area contributed by atoms with Crippen LogP contribution in [0.4, 0.5) is 10.5 Å². The first-order valence-corrected chi connectivity index (χ1v) is 8.51. The number of benzene rings is 1. The van der Waals surface area contributed by atoms with Crippen LogP contribution in [-0.2, 0) is 17.8 Å². The molecule has 2 aromatic rings. The average Bonchev–Trinajstić information content (AvgIpc) is 2.66. The van der Waals surface area contributed by atoms with Crippen molar-refractivity contribution in [1.82, 2.24) is 15.6 Å². The second-order valence-corrected chi connectivity index (χ2v) is 6.19. The molecule has 3 N–H and O–H groups in total. The molecular formula is C19H22N4O3. The zero-order chi connectivity index (χ0) is 18.5. The smallest absolute Gasteiger partial charge is 0.315 e. The van der Waals surface area contributed by atoms with E-state index in [-0.39, 0.29) is 18.0 Å². The maximum absolute atomic E-state index is 12.2. The van der Waals surface area contributed by atoms with E-state index in [9.17, 15) is 9.59 Å². The number of methoxy groups -OCH3 is 1. The number of fused-ring (bicyclic) bond motifs is 1. The summed E-state index contributed by atoms with van der Waals surface area (Å²) in [6.07, 6.45) is 2.85. The quantitative estimate of drug-likeness (QED) is 0.769. The number of rotatable bonds is 5. The second-order valence-electron chi connectivity index (χ2n) is 6.19. The third-order valence-electron chi connectivity index (χ3n) is 4.36. The first-order chi connectivity index (χ1) is 12.6. The molecule has 1 aliphatic rings. The number of nitrogens with one attached hydrogen (secondary N) is 3. The predicted octanol–water partition coefficient (Wildman–Crippen LogP) is 2.54. The van der Waals surface area contributed by atoms with Crippen molar-refractivity contribution >= 4 is 17.6 Å². The van der Waals surface area contributed by atoms with E-state index in [2.05, 4.69) is 20.9 Å². The number of urea groups is 1. The maximum atomic E-state index is 12.2. The molecule has 1 atom stereocenters. The second kappa shape index (κ2) is 7.86. The molecule has 7 heteroatoms. The predicted molar refractivity (Wildman–Crippen MR) is 98.0 cm³/mol. The molecule has 0 saturated carbocycles. The van der Waals surface area contributed by atoms with Crippen molar-refractivity contribution in [3.05, 3.63) is 53.2 Å². The van der Waals surface area contributed by atoms with E-state index in [0.717, 1.165) is 22.4 Å². The molecule has 0 fully saturated rings. The number of ether oxygens (including phenoxy) is 1. The lowest BCUT2D eigenvalue weighted by atomic mass is 9.98. The molecule has 3 rings (SSSR count). The first kappa shape index (κ1) is 17.7. The van der Waals surface area contributed by atoms with E-state index < -0.39 is 0 Å². The maximum Gasteiger partial charge on any atom is 0.315 e. The van der Waals surface area contributed by atoms with Crippen molar-refractivity contribution in [2.75, 3.05) is 12.4 Å². The van der Waals surface area contributed by atoms with Gasteiger partial charge < -0.3 is 20.7 Å². The zero-order valence-corrected chi connectivity index (χ0v) is 14.8. The molecule has 0 bridgehead atoms. The van der Waals surface area contributed by atoms with Crippen molar-refractivity contribution in [2.24, 2.45) is 0 Å². The van der Waals surface area contributed by atoms with Crippen molar-refractivity contribution in [1.29, 1.82) is 0 Å². The van der Waals surface area contributed by atoms with Crippen molar-refractivity contribution in [2.45, 2.75) is 32.4 Å². The lowest BCUT2D eigenvalue weighted by molar-refractivity contribution is -0.116. The van der Waals surface area contributed by atoms with Gasteiger partial charge in [-0.05, 0) is 36.6 Å². The summed E-state index contributed by atoms with van der Waals surface area (Å²) in [4.78, 5) is 27.7. The molecule has 1 aliphatic heterocycles. The fraction of sp³-hybridized carbons (Fsp3) is 0.316. The minimum atomic E-state index is -0.269. The summed E-state index contributed by atoms with van der Waals surface area (Å²) in [7, 11) is 1.55. The fourth-order valence-electron chi connectivity index (χ4n) is 2.92. The van der Waals surface area contributed by atoms with Crippen LogP contribution in [0.3, 0.4) is 0 Å². The third-order valence-corrected chi connectivity index (χ3v) is 4.36. The largest absolute Gasteiger partial charge is 0.481 e. The highest BCUT2D eigenvalue weighted by Crippen LogP contribution is 2.26. The molecule has 0 aliphatic carbocycles. The molecular weight excluding hydrogens is 332 g/mol. The number of carbonyl (C=O) groups is 2. The highest BCUT2D eigenvalue weighted by atomic mass is 16.5. The third kappa shape index (κ3) is 4.11. The van der Waals surface area contributed by atoms with Gasteiger partial charge in [-0.1, -0.05) is 18.2 Å². The minimum absolute atomic E-state index is 0.0432. The first-order valence-electron chi connectivity index (χ1n) is 8.51. The van der Waals surface area contributed by atoms with Crippen molar-refractivity contribution < 1.29 is 14.3 Å². The van der Waals surface area contributed by atoms with Gasteiger partial charge in [0.05, 0.1) is 13.2 Å². The molecule has 7 nitrogen and oxygen atoms in total. The van der Waals surface area contributed by atoms with E-state index in [4.69, 9.17) is 4.74 Å². The molecule has 3 amide bonds. The van der Waals surface area contributed by atoms with Gasteiger partial charge in [-0.25, -0.2) is 9.78 Å². The summed E-state index contributed by atoms with van der Waals surface area (Å²) in [6, 6.07) is 9.06. The number of anilines is 1. The minimum Gasteiger partial charge on any atom is -0.481 e. The van der Waals surface area contributed by atoms with Crippen molar-refractivity contribution in [3.63, 3.8) is 0 Å². The summed E-state index contributed by atoms with van der Waals surface area (Å²) in [6.45, 7) is 2.25. The normalized spacial score (nSPS) is 14.0. The number of pyridine rings is 1. The lowest BCUT2D eigenvalue weighted by Gasteiger charge is -2.20. The topological polar surface area (TPSA) is 92.3 Å². The number of hydrogen-bond donors (Lipinski definition) is 3. The van der Waals surface area contributed by atoms with Crippen molar-refractivity contribution in [3.8, 4) is 5.88 Å². The molecule has 0 spiro atoms. The van der Waals surface area contributed by atoms with Gasteiger partial charge in [0.15, 0.2) is 0 Å². The van der Waals surface area contributed by atoms with Gasteiger partial charge in [-0.2, -0.15) is 0 Å². The molecule has 0 saturated heterocycles. The number of amides is 3. The van der Waals surface area contributed by atoms with Gasteiger partial charge >= 0.3 is 6.03 Å². The Morgan fingerprint density at radius 1 is 1.35 bits per heavy atom. The average molecular weight is 354 g/mol. The molecule has 1 aromatic carbocycles. The van der Waals surface area contributed by atoms with E-state index >= 15 is 0 Å². The fourth-order valence-corrected chi connectivity index (χ4v) is 2.92. The summed E-state index contributed by atoms with van der Waals surface area (Å²) in [5, 5.41) is 8.60.